The minimum Gasteiger partial charge on any atom is -0.366 e. The van der Waals surface area contributed by atoms with Crippen LogP contribution in [0.25, 0.3) is 0 Å². The van der Waals surface area contributed by atoms with Gasteiger partial charge in [0.05, 0.1) is 49.2 Å². The Kier molecular flexibility index (Phi) is 7.24. The van der Waals surface area contributed by atoms with E-state index in [2.05, 4.69) is 20.9 Å². The summed E-state index contributed by atoms with van der Waals surface area (Å²) < 4.78 is 42.1. The van der Waals surface area contributed by atoms with Gasteiger partial charge >= 0.3 is 0 Å². The summed E-state index contributed by atoms with van der Waals surface area (Å²) in [4.78, 5) is 5.99. The van der Waals surface area contributed by atoms with Gasteiger partial charge in [-0.25, -0.2) is 13.8 Å². The average molecular weight is 498 g/mol. The minimum absolute atomic E-state index is 0.000602. The number of hydrogen-bond acceptors (Lipinski definition) is 7. The number of nitrogens with zero attached hydrogens (tertiary/aromatic N) is 2. The van der Waals surface area contributed by atoms with Crippen molar-refractivity contribution < 1.29 is 13.0 Å². The van der Waals surface area contributed by atoms with E-state index in [9.17, 15) is 13.0 Å². The maximum Gasteiger partial charge on any atom is 0.148 e. The molecule has 0 radical (unpaired) electrons. The standard InChI is InChI=1S/C21H22ClF2N5OS2/c1-25-13-5-6-29(9-13)21-15(23)3-2-4-17(21)28-18-8-16(24)19(7-14(18)22)32(30)12-27-20-10-31-11-26-20/h2-4,7-8,10-11,13,25,27-28H,5-6,9,12H2,1H3. The van der Waals surface area contributed by atoms with E-state index in [1.807, 2.05) is 11.9 Å². The van der Waals surface area contributed by atoms with Gasteiger partial charge in [-0.05, 0) is 31.7 Å². The van der Waals surface area contributed by atoms with Crippen LogP contribution in [0.3, 0.4) is 0 Å². The molecular formula is C21H22ClF2N5OS2. The van der Waals surface area contributed by atoms with E-state index in [4.69, 9.17) is 11.6 Å². The quantitative estimate of drug-likeness (QED) is 0.415. The van der Waals surface area contributed by atoms with Crippen LogP contribution < -0.4 is 20.9 Å². The molecule has 1 aliphatic heterocycles. The molecule has 2 unspecified atom stereocenters. The van der Waals surface area contributed by atoms with E-state index in [0.717, 1.165) is 6.42 Å². The molecule has 0 spiro atoms. The number of hydrogen-bond donors (Lipinski definition) is 3. The molecule has 1 aromatic heterocycles. The Morgan fingerprint density at radius 1 is 1.28 bits per heavy atom. The van der Waals surface area contributed by atoms with Crippen LogP contribution in [-0.4, -0.2) is 41.2 Å². The Hall–Kier alpha value is -2.27. The molecule has 3 N–H and O–H groups in total. The van der Waals surface area contributed by atoms with Crippen molar-refractivity contribution >= 4 is 56.6 Å². The highest BCUT2D eigenvalue weighted by Gasteiger charge is 2.26. The van der Waals surface area contributed by atoms with E-state index >= 15 is 0 Å². The molecule has 2 atom stereocenters. The number of aromatic nitrogens is 1. The zero-order valence-electron chi connectivity index (χ0n) is 17.2. The van der Waals surface area contributed by atoms with E-state index < -0.39 is 16.6 Å². The van der Waals surface area contributed by atoms with Crippen molar-refractivity contribution in [2.24, 2.45) is 0 Å². The lowest BCUT2D eigenvalue weighted by Crippen LogP contribution is -2.30. The van der Waals surface area contributed by atoms with Crippen molar-refractivity contribution in [3.63, 3.8) is 0 Å². The molecule has 170 valence electrons. The fourth-order valence-corrected chi connectivity index (χ4v) is 5.34. The predicted molar refractivity (Wildman–Crippen MR) is 128 cm³/mol. The normalized spacial score (nSPS) is 16.9. The smallest absolute Gasteiger partial charge is 0.148 e. The first-order valence-electron chi connectivity index (χ1n) is 9.93. The molecule has 0 amide bonds. The molecule has 1 fully saturated rings. The van der Waals surface area contributed by atoms with Crippen LogP contribution in [0.2, 0.25) is 5.02 Å². The van der Waals surface area contributed by atoms with Crippen LogP contribution in [0.1, 0.15) is 6.42 Å². The third-order valence-electron chi connectivity index (χ3n) is 5.25. The number of benzene rings is 2. The van der Waals surface area contributed by atoms with Gasteiger partial charge < -0.3 is 20.9 Å². The summed E-state index contributed by atoms with van der Waals surface area (Å²) in [5, 5.41) is 11.1. The lowest BCUT2D eigenvalue weighted by Gasteiger charge is -2.23. The molecule has 3 aromatic rings. The SMILES string of the molecule is CNC1CCN(c2c(F)cccc2Nc2cc(F)c(S(=O)CNc3cscn3)cc2Cl)C1. The van der Waals surface area contributed by atoms with Gasteiger partial charge in [0.25, 0.3) is 0 Å². The van der Waals surface area contributed by atoms with Gasteiger partial charge in [0, 0.05) is 30.6 Å². The maximum absolute atomic E-state index is 14.8. The molecule has 0 aliphatic carbocycles. The fraction of sp³-hybridized carbons (Fsp3) is 0.286. The van der Waals surface area contributed by atoms with Crippen LogP contribution in [0, 0.1) is 11.6 Å². The summed E-state index contributed by atoms with van der Waals surface area (Å²) in [6.07, 6.45) is 0.898. The first-order valence-corrected chi connectivity index (χ1v) is 12.6. The summed E-state index contributed by atoms with van der Waals surface area (Å²) in [5.41, 5.74) is 2.82. The molecule has 11 heteroatoms. The van der Waals surface area contributed by atoms with Crippen LogP contribution in [0.15, 0.2) is 46.1 Å². The van der Waals surface area contributed by atoms with Gasteiger partial charge in [0.1, 0.15) is 17.5 Å². The van der Waals surface area contributed by atoms with Crippen LogP contribution >= 0.6 is 22.9 Å². The van der Waals surface area contributed by atoms with Crippen molar-refractivity contribution in [1.29, 1.82) is 0 Å². The topological polar surface area (TPSA) is 69.3 Å². The Balaban J connectivity index is 1.55. The highest BCUT2D eigenvalue weighted by molar-refractivity contribution is 7.85. The van der Waals surface area contributed by atoms with Gasteiger partial charge in [-0.1, -0.05) is 17.7 Å². The summed E-state index contributed by atoms with van der Waals surface area (Å²) in [7, 11) is 0.215. The van der Waals surface area contributed by atoms with Crippen LogP contribution in [-0.2, 0) is 10.8 Å². The van der Waals surface area contributed by atoms with Gasteiger partial charge in [-0.2, -0.15) is 0 Å². The van der Waals surface area contributed by atoms with Crippen molar-refractivity contribution in [2.75, 3.05) is 41.5 Å². The summed E-state index contributed by atoms with van der Waals surface area (Å²) in [5.74, 6) is -0.451. The number of nitrogens with one attached hydrogen (secondary N) is 3. The molecule has 32 heavy (non-hydrogen) atoms. The van der Waals surface area contributed by atoms with E-state index in [1.165, 1.54) is 29.5 Å². The lowest BCUT2D eigenvalue weighted by molar-refractivity contribution is 0.596. The first kappa shape index (κ1) is 22.9. The highest BCUT2D eigenvalue weighted by Crippen LogP contribution is 2.36. The van der Waals surface area contributed by atoms with Gasteiger partial charge in [0.2, 0.25) is 0 Å². The lowest BCUT2D eigenvalue weighted by atomic mass is 10.2. The summed E-state index contributed by atoms with van der Waals surface area (Å²) in [6.45, 7) is 1.37. The van der Waals surface area contributed by atoms with Crippen LogP contribution in [0.5, 0.6) is 0 Å². The van der Waals surface area contributed by atoms with Crippen LogP contribution in [0.4, 0.5) is 31.7 Å². The molecule has 4 rings (SSSR count). The first-order chi connectivity index (χ1) is 15.5. The fourth-order valence-electron chi connectivity index (χ4n) is 3.60. The molecule has 0 saturated carbocycles. The predicted octanol–water partition coefficient (Wildman–Crippen LogP) is 4.79. The second-order valence-electron chi connectivity index (χ2n) is 7.28. The third-order valence-corrected chi connectivity index (χ3v) is 7.36. The zero-order valence-corrected chi connectivity index (χ0v) is 19.6. The van der Waals surface area contributed by atoms with Gasteiger partial charge in [-0.15, -0.1) is 11.3 Å². The third kappa shape index (κ3) is 5.03. The van der Waals surface area contributed by atoms with Crippen molar-refractivity contribution in [3.05, 3.63) is 57.9 Å². The molecule has 1 aliphatic rings. The Bertz CT molecular complexity index is 1120. The summed E-state index contributed by atoms with van der Waals surface area (Å²) in [6, 6.07) is 7.51. The number of thiazole rings is 1. The van der Waals surface area contributed by atoms with E-state index in [0.29, 0.717) is 30.3 Å². The highest BCUT2D eigenvalue weighted by atomic mass is 35.5. The number of anilines is 4. The Morgan fingerprint density at radius 3 is 2.84 bits per heavy atom. The number of likely N-dealkylation sites (N-methyl/N-ethyl adjacent to an activating group) is 1. The minimum atomic E-state index is -1.67. The Labute approximate surface area is 196 Å². The zero-order chi connectivity index (χ0) is 22.7. The van der Waals surface area contributed by atoms with Crippen molar-refractivity contribution in [3.8, 4) is 0 Å². The van der Waals surface area contributed by atoms with Crippen molar-refractivity contribution in [1.82, 2.24) is 10.3 Å². The molecule has 6 nitrogen and oxygen atoms in total. The van der Waals surface area contributed by atoms with Crippen molar-refractivity contribution in [2.45, 2.75) is 17.4 Å². The number of para-hydroxylation sites is 1. The maximum atomic E-state index is 14.8. The van der Waals surface area contributed by atoms with Gasteiger partial charge in [0.15, 0.2) is 0 Å². The second-order valence-corrected chi connectivity index (χ2v) is 9.83. The molecule has 0 bridgehead atoms. The molecule has 2 heterocycles. The molecule has 2 aromatic carbocycles. The Morgan fingerprint density at radius 2 is 2.12 bits per heavy atom. The van der Waals surface area contributed by atoms with E-state index in [1.54, 1.807) is 23.0 Å². The largest absolute Gasteiger partial charge is 0.366 e. The molecular weight excluding hydrogens is 476 g/mol. The van der Waals surface area contributed by atoms with E-state index in [-0.39, 0.29) is 33.3 Å². The summed E-state index contributed by atoms with van der Waals surface area (Å²) >= 11 is 7.78. The second kappa shape index (κ2) is 10.1. The number of rotatable bonds is 8. The number of halogens is 3. The average Bonchev–Trinajstić information content (AvgIpc) is 3.46. The van der Waals surface area contributed by atoms with Gasteiger partial charge in [-0.3, -0.25) is 4.21 Å². The monoisotopic (exact) mass is 497 g/mol. The molecule has 1 saturated heterocycles.